The van der Waals surface area contributed by atoms with Gasteiger partial charge in [-0.1, -0.05) is 43.3 Å². The molecule has 2 aliphatic rings. The molecule has 0 aromatic heterocycles. The van der Waals surface area contributed by atoms with Gasteiger partial charge in [0.15, 0.2) is 0 Å². The number of nitrogens with two attached hydrogens (primary N) is 2. The second kappa shape index (κ2) is 12.9. The second-order valence-corrected chi connectivity index (χ2v) is 12.3. The lowest BCUT2D eigenvalue weighted by Crippen LogP contribution is -2.46. The van der Waals surface area contributed by atoms with Gasteiger partial charge in [-0.15, -0.1) is 0 Å². The summed E-state index contributed by atoms with van der Waals surface area (Å²) in [5.41, 5.74) is 17.0. The van der Waals surface area contributed by atoms with Crippen molar-refractivity contribution in [2.75, 3.05) is 38.5 Å². The third kappa shape index (κ3) is 6.71. The molecule has 220 valence electrons. The van der Waals surface area contributed by atoms with Crippen LogP contribution < -0.4 is 16.8 Å². The smallest absolute Gasteiger partial charge is 0.273 e. The molecule has 0 spiro atoms. The SMILES string of the molecule is CCCN(OCc1ccc(N)cc1)C(=O)C1=Cc2ccc(-c3cccc(S(=O)(=O)N4CCNCC4)c3)cc2N=C(N)C1. The first-order valence-corrected chi connectivity index (χ1v) is 15.5. The fraction of sp³-hybridized carbons (Fsp3) is 0.290. The Balaban J connectivity index is 1.39. The number of nitrogens with zero attached hydrogens (tertiary/aromatic N) is 3. The Morgan fingerprint density at radius 3 is 2.50 bits per heavy atom. The Kier molecular flexibility index (Phi) is 9.03. The first kappa shape index (κ1) is 29.5. The van der Waals surface area contributed by atoms with Crippen LogP contribution in [0.1, 0.15) is 30.9 Å². The Morgan fingerprint density at radius 1 is 1.02 bits per heavy atom. The van der Waals surface area contributed by atoms with E-state index in [1.165, 1.54) is 9.37 Å². The molecule has 5 rings (SSSR count). The lowest BCUT2D eigenvalue weighted by atomic mass is 10.0. The van der Waals surface area contributed by atoms with E-state index in [9.17, 15) is 13.2 Å². The number of rotatable bonds is 9. The molecule has 3 aromatic carbocycles. The van der Waals surface area contributed by atoms with E-state index < -0.39 is 10.0 Å². The van der Waals surface area contributed by atoms with E-state index in [4.69, 9.17) is 16.3 Å². The van der Waals surface area contributed by atoms with Gasteiger partial charge in [-0.3, -0.25) is 9.63 Å². The summed E-state index contributed by atoms with van der Waals surface area (Å²) in [5, 5.41) is 4.56. The Labute approximate surface area is 246 Å². The molecule has 10 nitrogen and oxygen atoms in total. The highest BCUT2D eigenvalue weighted by Gasteiger charge is 2.26. The number of fused-ring (bicyclic) bond motifs is 1. The number of hydrogen-bond acceptors (Lipinski definition) is 8. The van der Waals surface area contributed by atoms with Crippen LogP contribution >= 0.6 is 0 Å². The molecular formula is C31H36N6O4S. The maximum atomic E-state index is 13.6. The summed E-state index contributed by atoms with van der Waals surface area (Å²) >= 11 is 0. The molecule has 0 radical (unpaired) electrons. The highest BCUT2D eigenvalue weighted by Crippen LogP contribution is 2.33. The maximum absolute atomic E-state index is 13.6. The zero-order chi connectivity index (χ0) is 29.7. The molecule has 0 aliphatic carbocycles. The average Bonchev–Trinajstić information content (AvgIpc) is 3.17. The minimum atomic E-state index is -3.60. The van der Waals surface area contributed by atoms with Crippen molar-refractivity contribution in [3.05, 3.63) is 83.4 Å². The Bertz CT molecular complexity index is 1610. The van der Waals surface area contributed by atoms with Gasteiger partial charge in [0, 0.05) is 56.0 Å². The van der Waals surface area contributed by atoms with Crippen LogP contribution in [0.3, 0.4) is 0 Å². The quantitative estimate of drug-likeness (QED) is 0.256. The summed E-state index contributed by atoms with van der Waals surface area (Å²) < 4.78 is 28.0. The number of amides is 1. The maximum Gasteiger partial charge on any atom is 0.273 e. The minimum Gasteiger partial charge on any atom is -0.399 e. The van der Waals surface area contributed by atoms with E-state index in [-0.39, 0.29) is 23.8 Å². The van der Waals surface area contributed by atoms with Crippen LogP contribution in [0.4, 0.5) is 11.4 Å². The largest absolute Gasteiger partial charge is 0.399 e. The zero-order valence-corrected chi connectivity index (χ0v) is 24.4. The topological polar surface area (TPSA) is 143 Å². The number of hydroxylamine groups is 2. The van der Waals surface area contributed by atoms with Crippen molar-refractivity contribution in [3.8, 4) is 11.1 Å². The standard InChI is InChI=1S/C31H36N6O4S/c1-2-14-37(41-21-22-6-10-27(32)11-7-22)31(38)26-17-25-9-8-24(19-29(25)35-30(33)20-26)23-4-3-5-28(18-23)42(39,40)36-15-12-34-13-16-36/h3-11,17-19,34H,2,12-16,20-21,32H2,1H3,(H2,33,35). The average molecular weight is 589 g/mol. The number of sulfonamides is 1. The zero-order valence-electron chi connectivity index (χ0n) is 23.6. The van der Waals surface area contributed by atoms with Crippen molar-refractivity contribution in [3.63, 3.8) is 0 Å². The lowest BCUT2D eigenvalue weighted by Gasteiger charge is -2.26. The highest BCUT2D eigenvalue weighted by molar-refractivity contribution is 7.89. The van der Waals surface area contributed by atoms with Crippen LogP contribution in [-0.4, -0.2) is 62.3 Å². The van der Waals surface area contributed by atoms with Crippen LogP contribution in [0.25, 0.3) is 17.2 Å². The molecule has 11 heteroatoms. The Morgan fingerprint density at radius 2 is 1.76 bits per heavy atom. The fourth-order valence-electron chi connectivity index (χ4n) is 4.93. The first-order valence-electron chi connectivity index (χ1n) is 14.0. The second-order valence-electron chi connectivity index (χ2n) is 10.3. The van der Waals surface area contributed by atoms with Crippen molar-refractivity contribution in [2.24, 2.45) is 10.7 Å². The van der Waals surface area contributed by atoms with Crippen LogP contribution in [-0.2, 0) is 26.3 Å². The van der Waals surface area contributed by atoms with Crippen molar-refractivity contribution in [1.29, 1.82) is 0 Å². The summed E-state index contributed by atoms with van der Waals surface area (Å²) in [4.78, 5) is 24.3. The molecule has 3 aromatic rings. The van der Waals surface area contributed by atoms with Crippen molar-refractivity contribution < 1.29 is 18.0 Å². The number of carbonyl (C=O) groups is 1. The normalized spacial score (nSPS) is 15.7. The van der Waals surface area contributed by atoms with Crippen LogP contribution in [0.2, 0.25) is 0 Å². The van der Waals surface area contributed by atoms with E-state index in [0.717, 1.165) is 22.3 Å². The summed E-state index contributed by atoms with van der Waals surface area (Å²) in [6, 6.07) is 19.9. The summed E-state index contributed by atoms with van der Waals surface area (Å²) in [6.45, 7) is 4.76. The molecule has 1 saturated heterocycles. The third-order valence-electron chi connectivity index (χ3n) is 7.17. The molecule has 0 saturated carbocycles. The monoisotopic (exact) mass is 588 g/mol. The molecular weight excluding hydrogens is 552 g/mol. The van der Waals surface area contributed by atoms with Gasteiger partial charge >= 0.3 is 0 Å². The third-order valence-corrected chi connectivity index (χ3v) is 9.07. The van der Waals surface area contributed by atoms with Gasteiger partial charge in [0.1, 0.15) is 12.4 Å². The number of piperazine rings is 1. The van der Waals surface area contributed by atoms with E-state index in [1.807, 2.05) is 43.3 Å². The number of amidine groups is 1. The Hall–Kier alpha value is -4.03. The summed E-state index contributed by atoms with van der Waals surface area (Å²) in [5.74, 6) is 0.0312. The minimum absolute atomic E-state index is 0.173. The van der Waals surface area contributed by atoms with Crippen molar-refractivity contribution in [1.82, 2.24) is 14.7 Å². The van der Waals surface area contributed by atoms with Crippen LogP contribution in [0.5, 0.6) is 0 Å². The van der Waals surface area contributed by atoms with Gasteiger partial charge < -0.3 is 16.8 Å². The van der Waals surface area contributed by atoms with E-state index in [2.05, 4.69) is 10.3 Å². The van der Waals surface area contributed by atoms with Crippen LogP contribution in [0, 0.1) is 0 Å². The molecule has 0 atom stereocenters. The number of anilines is 1. The lowest BCUT2D eigenvalue weighted by molar-refractivity contribution is -0.187. The predicted molar refractivity (Wildman–Crippen MR) is 165 cm³/mol. The van der Waals surface area contributed by atoms with Crippen LogP contribution in [0.15, 0.2) is 82.2 Å². The number of nitrogen functional groups attached to an aromatic ring is 1. The van der Waals surface area contributed by atoms with Gasteiger partial charge in [0.2, 0.25) is 10.0 Å². The molecule has 0 unspecified atom stereocenters. The number of benzene rings is 3. The van der Waals surface area contributed by atoms with Gasteiger partial charge in [0.25, 0.3) is 5.91 Å². The summed E-state index contributed by atoms with van der Waals surface area (Å²) in [6.07, 6.45) is 2.69. The number of nitrogens with one attached hydrogen (secondary N) is 1. The van der Waals surface area contributed by atoms with Gasteiger partial charge in [-0.05, 0) is 59.5 Å². The number of carbonyl (C=O) groups excluding carboxylic acids is 1. The molecule has 1 amide bonds. The number of aliphatic imine (C=N–C) groups is 1. The highest BCUT2D eigenvalue weighted by atomic mass is 32.2. The van der Waals surface area contributed by atoms with E-state index >= 15 is 0 Å². The van der Waals surface area contributed by atoms with Gasteiger partial charge in [-0.25, -0.2) is 18.5 Å². The fourth-order valence-corrected chi connectivity index (χ4v) is 6.42. The predicted octanol–water partition coefficient (Wildman–Crippen LogP) is 3.68. The molecule has 5 N–H and O–H groups in total. The van der Waals surface area contributed by atoms with Crippen molar-refractivity contribution >= 4 is 39.2 Å². The molecule has 42 heavy (non-hydrogen) atoms. The number of hydrogen-bond donors (Lipinski definition) is 3. The molecule has 2 aliphatic heterocycles. The first-order chi connectivity index (χ1) is 20.2. The van der Waals surface area contributed by atoms with E-state index in [0.29, 0.717) is 61.9 Å². The van der Waals surface area contributed by atoms with Crippen molar-refractivity contribution in [2.45, 2.75) is 31.3 Å². The van der Waals surface area contributed by atoms with E-state index in [1.54, 1.807) is 36.4 Å². The molecule has 1 fully saturated rings. The van der Waals surface area contributed by atoms with Gasteiger partial charge in [-0.2, -0.15) is 4.31 Å². The molecule has 0 bridgehead atoms. The van der Waals surface area contributed by atoms with Gasteiger partial charge in [0.05, 0.1) is 10.6 Å². The summed E-state index contributed by atoms with van der Waals surface area (Å²) in [7, 11) is -3.60. The molecule has 2 heterocycles.